The molecule has 5 nitrogen and oxygen atoms in total. The van der Waals surface area contributed by atoms with Gasteiger partial charge in [0, 0.05) is 25.4 Å². The molecule has 0 heterocycles. The number of rotatable bonds is 5. The van der Waals surface area contributed by atoms with Crippen LogP contribution in [0.5, 0.6) is 0 Å². The molecule has 0 atom stereocenters. The summed E-state index contributed by atoms with van der Waals surface area (Å²) in [5.41, 5.74) is 2.20. The molecular weight excluding hydrogens is 256 g/mol. The third-order valence-corrected chi connectivity index (χ3v) is 2.41. The number of carbonyl (C=O) groups is 2. The van der Waals surface area contributed by atoms with Gasteiger partial charge < -0.3 is 15.3 Å². The van der Waals surface area contributed by atoms with Crippen molar-refractivity contribution in [2.75, 3.05) is 18.9 Å². The summed E-state index contributed by atoms with van der Waals surface area (Å²) in [6.45, 7) is 6.08. The maximum absolute atomic E-state index is 11.9. The van der Waals surface area contributed by atoms with Gasteiger partial charge in [0.1, 0.15) is 0 Å². The second kappa shape index (κ2) is 7.13. The Hall–Kier alpha value is -2.56. The van der Waals surface area contributed by atoms with E-state index in [0.29, 0.717) is 17.8 Å². The average Bonchev–Trinajstić information content (AvgIpc) is 2.36. The van der Waals surface area contributed by atoms with E-state index in [-0.39, 0.29) is 6.03 Å². The molecule has 0 aromatic heterocycles. The van der Waals surface area contributed by atoms with Crippen molar-refractivity contribution in [1.29, 1.82) is 0 Å². The number of hydrogen-bond donors (Lipinski definition) is 2. The predicted molar refractivity (Wildman–Crippen MR) is 79.6 cm³/mol. The molecule has 0 aliphatic rings. The highest BCUT2D eigenvalue weighted by Gasteiger charge is 2.08. The van der Waals surface area contributed by atoms with Gasteiger partial charge in [0.2, 0.25) is 0 Å². The zero-order valence-electron chi connectivity index (χ0n) is 11.6. The molecule has 20 heavy (non-hydrogen) atoms. The Balaban J connectivity index is 2.73. The van der Waals surface area contributed by atoms with Crippen LogP contribution >= 0.6 is 0 Å². The van der Waals surface area contributed by atoms with Gasteiger partial charge in [0.25, 0.3) is 0 Å². The normalized spacial score (nSPS) is 10.3. The lowest BCUT2D eigenvalue weighted by Gasteiger charge is -2.18. The summed E-state index contributed by atoms with van der Waals surface area (Å²) in [5, 5.41) is 11.3. The summed E-state index contributed by atoms with van der Waals surface area (Å²) in [4.78, 5) is 23.9. The molecular formula is C15H18N2O3. The van der Waals surface area contributed by atoms with Gasteiger partial charge in [-0.15, -0.1) is 0 Å². The van der Waals surface area contributed by atoms with Crippen molar-refractivity contribution >= 4 is 23.8 Å². The Labute approximate surface area is 118 Å². The molecule has 5 heteroatoms. The number of benzene rings is 1. The number of carboxylic acid groups (broad SMARTS) is 1. The van der Waals surface area contributed by atoms with E-state index >= 15 is 0 Å². The van der Waals surface area contributed by atoms with E-state index in [0.717, 1.165) is 11.6 Å². The first-order chi connectivity index (χ1) is 9.38. The summed E-state index contributed by atoms with van der Waals surface area (Å²) in [6.07, 6.45) is 2.52. The molecule has 2 amide bonds. The van der Waals surface area contributed by atoms with Crippen molar-refractivity contribution in [3.05, 3.63) is 48.1 Å². The van der Waals surface area contributed by atoms with Crippen LogP contribution in [0.4, 0.5) is 10.5 Å². The van der Waals surface area contributed by atoms with E-state index in [1.807, 2.05) is 6.92 Å². The molecule has 0 bridgehead atoms. The summed E-state index contributed by atoms with van der Waals surface area (Å²) < 4.78 is 0. The third-order valence-electron chi connectivity index (χ3n) is 2.41. The topological polar surface area (TPSA) is 69.6 Å². The zero-order chi connectivity index (χ0) is 15.1. The Morgan fingerprint density at radius 3 is 2.75 bits per heavy atom. The van der Waals surface area contributed by atoms with E-state index in [9.17, 15) is 9.59 Å². The molecule has 2 N–H and O–H groups in total. The summed E-state index contributed by atoms with van der Waals surface area (Å²) in [7, 11) is 1.68. The molecule has 1 rings (SSSR count). The lowest BCUT2D eigenvalue weighted by Crippen LogP contribution is -2.32. The smallest absolute Gasteiger partial charge is 0.328 e. The number of amides is 2. The summed E-state index contributed by atoms with van der Waals surface area (Å²) >= 11 is 0. The first kappa shape index (κ1) is 15.5. The molecule has 0 radical (unpaired) electrons. The SMILES string of the molecule is C=C(C)CN(C)C(=O)Nc1cccc(/C=C/C(=O)O)c1. The van der Waals surface area contributed by atoms with Crippen LogP contribution in [-0.2, 0) is 4.79 Å². The van der Waals surface area contributed by atoms with E-state index in [1.54, 1.807) is 31.3 Å². The maximum Gasteiger partial charge on any atom is 0.328 e. The van der Waals surface area contributed by atoms with Crippen molar-refractivity contribution in [2.45, 2.75) is 6.92 Å². The van der Waals surface area contributed by atoms with Crippen LogP contribution in [0.25, 0.3) is 6.08 Å². The van der Waals surface area contributed by atoms with Gasteiger partial charge in [-0.2, -0.15) is 0 Å². The first-order valence-electron chi connectivity index (χ1n) is 6.06. The van der Waals surface area contributed by atoms with E-state index < -0.39 is 5.97 Å². The standard InChI is InChI=1S/C15H18N2O3/c1-11(2)10-17(3)15(20)16-13-6-4-5-12(9-13)7-8-14(18)19/h4-9H,1,10H2,2-3H3,(H,16,20)(H,18,19)/b8-7+. The fraction of sp³-hybridized carbons (Fsp3) is 0.200. The van der Waals surface area contributed by atoms with Crippen LogP contribution in [0.3, 0.4) is 0 Å². The third kappa shape index (κ3) is 5.39. The highest BCUT2D eigenvalue weighted by atomic mass is 16.4. The fourth-order valence-electron chi connectivity index (χ4n) is 1.58. The van der Waals surface area contributed by atoms with Crippen LogP contribution in [-0.4, -0.2) is 35.6 Å². The van der Waals surface area contributed by atoms with Crippen molar-refractivity contribution in [3.8, 4) is 0 Å². The Bertz CT molecular complexity index is 550. The van der Waals surface area contributed by atoms with Gasteiger partial charge in [-0.1, -0.05) is 24.3 Å². The molecule has 1 aromatic carbocycles. The molecule has 0 aliphatic carbocycles. The largest absolute Gasteiger partial charge is 0.478 e. The van der Waals surface area contributed by atoms with Gasteiger partial charge in [-0.05, 0) is 30.7 Å². The molecule has 0 aliphatic heterocycles. The Morgan fingerprint density at radius 1 is 1.45 bits per heavy atom. The molecule has 106 valence electrons. The van der Waals surface area contributed by atoms with Gasteiger partial charge in [-0.25, -0.2) is 9.59 Å². The minimum absolute atomic E-state index is 0.243. The van der Waals surface area contributed by atoms with Crippen molar-refractivity contribution in [1.82, 2.24) is 4.90 Å². The molecule has 0 saturated carbocycles. The molecule has 0 fully saturated rings. The quantitative estimate of drug-likeness (QED) is 0.640. The Morgan fingerprint density at radius 2 is 2.15 bits per heavy atom. The number of carbonyl (C=O) groups excluding carboxylic acids is 1. The van der Waals surface area contributed by atoms with Gasteiger partial charge in [0.15, 0.2) is 0 Å². The number of aliphatic carboxylic acids is 1. The van der Waals surface area contributed by atoms with Crippen molar-refractivity contribution in [3.63, 3.8) is 0 Å². The number of nitrogens with one attached hydrogen (secondary N) is 1. The number of urea groups is 1. The molecule has 0 saturated heterocycles. The van der Waals surface area contributed by atoms with Crippen molar-refractivity contribution < 1.29 is 14.7 Å². The number of hydrogen-bond acceptors (Lipinski definition) is 2. The lowest BCUT2D eigenvalue weighted by atomic mass is 10.2. The predicted octanol–water partition coefficient (Wildman–Crippen LogP) is 2.82. The van der Waals surface area contributed by atoms with Crippen molar-refractivity contribution in [2.24, 2.45) is 0 Å². The van der Waals surface area contributed by atoms with Crippen LogP contribution in [0.15, 0.2) is 42.5 Å². The highest BCUT2D eigenvalue weighted by molar-refractivity contribution is 5.90. The Kier molecular flexibility index (Phi) is 5.53. The van der Waals surface area contributed by atoms with Gasteiger partial charge >= 0.3 is 12.0 Å². The van der Waals surface area contributed by atoms with Gasteiger partial charge in [-0.3, -0.25) is 0 Å². The number of likely N-dealkylation sites (N-methyl/N-ethyl adjacent to an activating group) is 1. The summed E-state index contributed by atoms with van der Waals surface area (Å²) in [6, 6.07) is 6.70. The molecule has 0 unspecified atom stereocenters. The van der Waals surface area contributed by atoms with Gasteiger partial charge in [0.05, 0.1) is 0 Å². The number of anilines is 1. The summed E-state index contributed by atoms with van der Waals surface area (Å²) in [5.74, 6) is -1.01. The van der Waals surface area contributed by atoms with E-state index in [1.165, 1.54) is 11.0 Å². The average molecular weight is 274 g/mol. The first-order valence-corrected chi connectivity index (χ1v) is 6.06. The molecule has 1 aromatic rings. The van der Waals surface area contributed by atoms with Crippen LogP contribution in [0.2, 0.25) is 0 Å². The van der Waals surface area contributed by atoms with E-state index in [2.05, 4.69) is 11.9 Å². The van der Waals surface area contributed by atoms with Crippen LogP contribution in [0, 0.1) is 0 Å². The monoisotopic (exact) mass is 274 g/mol. The molecule has 0 spiro atoms. The number of nitrogens with zero attached hydrogens (tertiary/aromatic N) is 1. The number of carboxylic acids is 1. The minimum atomic E-state index is -1.01. The second-order valence-electron chi connectivity index (χ2n) is 4.54. The highest BCUT2D eigenvalue weighted by Crippen LogP contribution is 2.12. The second-order valence-corrected chi connectivity index (χ2v) is 4.54. The van der Waals surface area contributed by atoms with E-state index in [4.69, 9.17) is 5.11 Å². The minimum Gasteiger partial charge on any atom is -0.478 e. The fourth-order valence-corrected chi connectivity index (χ4v) is 1.58. The lowest BCUT2D eigenvalue weighted by molar-refractivity contribution is -0.131. The maximum atomic E-state index is 11.9. The van der Waals surface area contributed by atoms with Crippen LogP contribution < -0.4 is 5.32 Å². The zero-order valence-corrected chi connectivity index (χ0v) is 11.6. The van der Waals surface area contributed by atoms with Crippen LogP contribution in [0.1, 0.15) is 12.5 Å².